The van der Waals surface area contributed by atoms with Gasteiger partial charge in [-0.3, -0.25) is 4.79 Å². The highest BCUT2D eigenvalue weighted by Gasteiger charge is 2.70. The van der Waals surface area contributed by atoms with Crippen molar-refractivity contribution in [2.75, 3.05) is 0 Å². The Kier molecular flexibility index (Phi) is 6.91. The number of carbonyl (C=O) groups excluding carboxylic acids is 3. The number of hydrogen-bond acceptors (Lipinski definition) is 9. The van der Waals surface area contributed by atoms with Crippen molar-refractivity contribution in [3.63, 3.8) is 0 Å². The molecule has 5 N–H and O–H groups in total. The van der Waals surface area contributed by atoms with E-state index in [0.717, 1.165) is 24.0 Å². The van der Waals surface area contributed by atoms with Crippen molar-refractivity contribution in [3.05, 3.63) is 35.1 Å². The molecule has 212 valence electrons. The van der Waals surface area contributed by atoms with Crippen molar-refractivity contribution < 1.29 is 38.8 Å². The van der Waals surface area contributed by atoms with Gasteiger partial charge in [-0.2, -0.15) is 0 Å². The summed E-state index contributed by atoms with van der Waals surface area (Å²) in [6.07, 6.45) is 3.45. The van der Waals surface area contributed by atoms with Gasteiger partial charge in [0.25, 0.3) is 0 Å². The molecule has 4 aliphatic rings. The van der Waals surface area contributed by atoms with Gasteiger partial charge in [0.1, 0.15) is 11.8 Å². The predicted molar refractivity (Wildman–Crippen MR) is 140 cm³/mol. The lowest BCUT2D eigenvalue weighted by Gasteiger charge is -2.59. The molecule has 2 bridgehead atoms. The van der Waals surface area contributed by atoms with Gasteiger partial charge in [0.05, 0.1) is 17.1 Å². The third kappa shape index (κ3) is 4.28. The van der Waals surface area contributed by atoms with Crippen LogP contribution >= 0.6 is 0 Å². The number of nitrogens with two attached hydrogens (primary N) is 1. The lowest BCUT2D eigenvalue weighted by molar-refractivity contribution is -0.172. The minimum Gasteiger partial charge on any atom is -0.504 e. The number of hydrogen-bond donors (Lipinski definition) is 4. The number of ether oxygens (including phenoxy) is 3. The molecule has 7 atom stereocenters. The lowest BCUT2D eigenvalue weighted by Crippen LogP contribution is -2.67. The van der Waals surface area contributed by atoms with Gasteiger partial charge in [-0.1, -0.05) is 26.3 Å². The van der Waals surface area contributed by atoms with Crippen molar-refractivity contribution in [1.29, 1.82) is 0 Å². The van der Waals surface area contributed by atoms with E-state index in [1.807, 2.05) is 19.9 Å². The summed E-state index contributed by atoms with van der Waals surface area (Å²) in [6.45, 7) is 6.73. The number of carbonyl (C=O) groups is 3. The number of rotatable bonds is 8. The molecule has 1 amide bonds. The van der Waals surface area contributed by atoms with Crippen LogP contribution in [0.4, 0.5) is 0 Å². The molecule has 1 aliphatic heterocycles. The molecule has 5 rings (SSSR count). The van der Waals surface area contributed by atoms with E-state index in [1.54, 1.807) is 12.1 Å². The second-order valence-corrected chi connectivity index (χ2v) is 11.9. The average molecular weight is 543 g/mol. The largest absolute Gasteiger partial charge is 0.504 e. The van der Waals surface area contributed by atoms with E-state index in [4.69, 9.17) is 19.9 Å². The normalized spacial score (nSPS) is 30.3. The first-order chi connectivity index (χ1) is 18.4. The van der Waals surface area contributed by atoms with E-state index in [2.05, 4.69) is 5.32 Å². The SMILES string of the molecule is CC(C)C[C@H](N)C(=O)N[C@@H](C)C(=O)O[C@@H](C)C(=O)OC1=CC[C@@]2(O)[C@@H]3CCC[C@@]24c2c(ccc(O)c2O[C@@H]14)C3. The van der Waals surface area contributed by atoms with E-state index in [1.165, 1.54) is 13.8 Å². The number of aliphatic hydroxyl groups is 1. The number of aromatic hydroxyl groups is 1. The first-order valence-electron chi connectivity index (χ1n) is 13.8. The lowest BCUT2D eigenvalue weighted by atomic mass is 9.47. The summed E-state index contributed by atoms with van der Waals surface area (Å²) in [5, 5.41) is 25.2. The van der Waals surface area contributed by atoms with Gasteiger partial charge in [-0.05, 0) is 75.5 Å². The molecule has 1 aromatic rings. The Morgan fingerprint density at radius 2 is 1.95 bits per heavy atom. The summed E-state index contributed by atoms with van der Waals surface area (Å²) in [6, 6.07) is 1.73. The molecular weight excluding hydrogens is 504 g/mol. The Morgan fingerprint density at radius 1 is 1.21 bits per heavy atom. The highest BCUT2D eigenvalue weighted by Crippen LogP contribution is 2.67. The predicted octanol–water partition coefficient (Wildman–Crippen LogP) is 2.12. The standard InChI is InChI=1S/C29H38N2O8/c1-14(2)12-19(30)25(33)31-15(3)26(34)37-16(4)27(35)38-21-9-11-29(36)18-6-5-10-28(29)22-17(13-18)7-8-20(32)23(22)39-24(21)28/h7-9,14-16,18-19,24,32,36H,5-6,10-13,30H2,1-4H3,(H,31,33)/t15-,16-,18+,19-,24-,28-,29+/m0/s1. The molecule has 10 nitrogen and oxygen atoms in total. The maximum atomic E-state index is 13.0. The van der Waals surface area contributed by atoms with Crippen LogP contribution in [0.5, 0.6) is 11.5 Å². The third-order valence-electron chi connectivity index (χ3n) is 8.88. The molecule has 39 heavy (non-hydrogen) atoms. The van der Waals surface area contributed by atoms with E-state index >= 15 is 0 Å². The maximum absolute atomic E-state index is 13.0. The minimum absolute atomic E-state index is 0.0129. The summed E-state index contributed by atoms with van der Waals surface area (Å²) in [5.74, 6) is -1.28. The smallest absolute Gasteiger partial charge is 0.352 e. The van der Waals surface area contributed by atoms with Crippen LogP contribution in [0.15, 0.2) is 24.0 Å². The molecule has 0 radical (unpaired) electrons. The number of esters is 2. The average Bonchev–Trinajstić information content (AvgIpc) is 3.22. The molecule has 1 heterocycles. The van der Waals surface area contributed by atoms with Crippen LogP contribution in [-0.2, 0) is 35.7 Å². The third-order valence-corrected chi connectivity index (χ3v) is 8.88. The molecule has 1 aromatic carbocycles. The highest BCUT2D eigenvalue weighted by atomic mass is 16.6. The molecule has 3 aliphatic carbocycles. The van der Waals surface area contributed by atoms with Gasteiger partial charge < -0.3 is 35.5 Å². The Bertz CT molecular complexity index is 1230. The molecular formula is C29H38N2O8. The van der Waals surface area contributed by atoms with Crippen LogP contribution in [0.2, 0.25) is 0 Å². The van der Waals surface area contributed by atoms with Gasteiger partial charge in [-0.15, -0.1) is 0 Å². The molecule has 0 aromatic heterocycles. The topological polar surface area (TPSA) is 157 Å². The zero-order chi connectivity index (χ0) is 28.3. The maximum Gasteiger partial charge on any atom is 0.352 e. The zero-order valence-electron chi connectivity index (χ0n) is 22.9. The number of phenolic OH excluding ortho intramolecular Hbond substituents is 1. The van der Waals surface area contributed by atoms with E-state index in [0.29, 0.717) is 25.0 Å². The number of nitrogens with one attached hydrogen (secondary N) is 1. The summed E-state index contributed by atoms with van der Waals surface area (Å²) < 4.78 is 17.3. The second kappa shape index (κ2) is 9.82. The fraction of sp³-hybridized carbons (Fsp3) is 0.621. The molecule has 0 saturated heterocycles. The first-order valence-corrected chi connectivity index (χ1v) is 13.8. The van der Waals surface area contributed by atoms with Gasteiger partial charge in [0, 0.05) is 5.56 Å². The van der Waals surface area contributed by atoms with Gasteiger partial charge in [-0.25, -0.2) is 9.59 Å². The molecule has 1 saturated carbocycles. The van der Waals surface area contributed by atoms with Crippen molar-refractivity contribution in [3.8, 4) is 11.5 Å². The Morgan fingerprint density at radius 3 is 2.67 bits per heavy atom. The van der Waals surface area contributed by atoms with Crippen LogP contribution in [0.25, 0.3) is 0 Å². The molecule has 10 heteroatoms. The molecule has 1 spiro atoms. The number of amides is 1. The van der Waals surface area contributed by atoms with Crippen LogP contribution in [0.3, 0.4) is 0 Å². The first kappa shape index (κ1) is 27.5. The van der Waals surface area contributed by atoms with E-state index in [9.17, 15) is 24.6 Å². The zero-order valence-corrected chi connectivity index (χ0v) is 22.9. The highest BCUT2D eigenvalue weighted by molar-refractivity contribution is 5.88. The Balaban J connectivity index is 1.29. The van der Waals surface area contributed by atoms with Gasteiger partial charge in [0.15, 0.2) is 23.7 Å². The van der Waals surface area contributed by atoms with Gasteiger partial charge in [0.2, 0.25) is 5.91 Å². The number of phenols is 1. The van der Waals surface area contributed by atoms with Crippen LogP contribution in [0.1, 0.15) is 70.9 Å². The molecule has 0 unspecified atom stereocenters. The summed E-state index contributed by atoms with van der Waals surface area (Å²) in [7, 11) is 0. The Labute approximate surface area is 227 Å². The fourth-order valence-electron chi connectivity index (χ4n) is 7.05. The van der Waals surface area contributed by atoms with Crippen LogP contribution < -0.4 is 15.8 Å². The Hall–Kier alpha value is -3.11. The van der Waals surface area contributed by atoms with E-state index in [-0.39, 0.29) is 29.8 Å². The van der Waals surface area contributed by atoms with Gasteiger partial charge >= 0.3 is 11.9 Å². The van der Waals surface area contributed by atoms with Crippen molar-refractivity contribution in [2.24, 2.45) is 17.6 Å². The van der Waals surface area contributed by atoms with Crippen molar-refractivity contribution in [2.45, 2.75) is 102 Å². The van der Waals surface area contributed by atoms with Crippen LogP contribution in [-0.4, -0.2) is 58.0 Å². The molecule has 1 fully saturated rings. The monoisotopic (exact) mass is 542 g/mol. The minimum atomic E-state index is -1.27. The number of benzene rings is 1. The summed E-state index contributed by atoms with van der Waals surface area (Å²) in [4.78, 5) is 37.9. The van der Waals surface area contributed by atoms with Crippen molar-refractivity contribution in [1.82, 2.24) is 5.32 Å². The summed E-state index contributed by atoms with van der Waals surface area (Å²) >= 11 is 0. The van der Waals surface area contributed by atoms with Crippen molar-refractivity contribution >= 4 is 17.8 Å². The van der Waals surface area contributed by atoms with E-state index < -0.39 is 53.2 Å². The van der Waals surface area contributed by atoms with Crippen LogP contribution in [0, 0.1) is 11.8 Å². The second-order valence-electron chi connectivity index (χ2n) is 11.9. The fourth-order valence-corrected chi connectivity index (χ4v) is 7.05. The quantitative estimate of drug-likeness (QED) is 0.361. The summed E-state index contributed by atoms with van der Waals surface area (Å²) in [5.41, 5.74) is 5.81.